The Morgan fingerprint density at radius 2 is 1.12 bits per heavy atom. The molecule has 0 aliphatic carbocycles. The number of rotatable bonds is 8. The van der Waals surface area contributed by atoms with Crippen molar-refractivity contribution in [3.63, 3.8) is 0 Å². The number of para-hydroxylation sites is 4. The van der Waals surface area contributed by atoms with E-state index in [9.17, 15) is 41.0 Å². The summed E-state index contributed by atoms with van der Waals surface area (Å²) in [4.78, 5) is 24.4. The number of nitrogens with one attached hydrogen (secondary N) is 2. The summed E-state index contributed by atoms with van der Waals surface area (Å²) in [7, 11) is 2.61. The second kappa shape index (κ2) is 19.4. The van der Waals surface area contributed by atoms with Crippen LogP contribution in [0.25, 0.3) is 0 Å². The Balaban J connectivity index is 0.000000220. The summed E-state index contributed by atoms with van der Waals surface area (Å²) >= 11 is 5.68. The highest BCUT2D eigenvalue weighted by atomic mass is 35.5. The van der Waals surface area contributed by atoms with E-state index in [4.69, 9.17) is 16.3 Å². The van der Waals surface area contributed by atoms with Gasteiger partial charge in [-0.15, -0.1) is 11.6 Å². The first kappa shape index (κ1) is 45.4. The zero-order valence-corrected chi connectivity index (χ0v) is 33.5. The van der Waals surface area contributed by atoms with Crippen LogP contribution in [0.5, 0.6) is 11.5 Å². The highest BCUT2D eigenvalue weighted by Gasteiger charge is 2.40. The molecule has 0 saturated heterocycles. The molecule has 0 aliphatic rings. The molecule has 0 atom stereocenters. The Morgan fingerprint density at radius 1 is 0.678 bits per heavy atom. The maximum Gasteiger partial charge on any atom is 0.435 e. The van der Waals surface area contributed by atoms with Gasteiger partial charge in [0.15, 0.2) is 11.4 Å². The van der Waals surface area contributed by atoms with E-state index in [-0.39, 0.29) is 23.7 Å². The smallest absolute Gasteiger partial charge is 0.435 e. The predicted octanol–water partition coefficient (Wildman–Crippen LogP) is 10.3. The molecule has 0 fully saturated rings. The van der Waals surface area contributed by atoms with Gasteiger partial charge in [0.25, 0.3) is 11.8 Å². The van der Waals surface area contributed by atoms with E-state index in [0.717, 1.165) is 38.4 Å². The zero-order valence-electron chi connectivity index (χ0n) is 32.8. The number of anilines is 2. The molecule has 59 heavy (non-hydrogen) atoms. The van der Waals surface area contributed by atoms with Crippen molar-refractivity contribution in [1.82, 2.24) is 19.6 Å². The molecule has 0 spiro atoms. The maximum atomic E-state index is 13.1. The van der Waals surface area contributed by atoms with E-state index in [0.29, 0.717) is 11.6 Å². The molecule has 3 N–H and O–H groups in total. The van der Waals surface area contributed by atoms with Gasteiger partial charge < -0.3 is 20.5 Å². The van der Waals surface area contributed by atoms with Crippen LogP contribution in [0, 0.1) is 27.7 Å². The summed E-state index contributed by atoms with van der Waals surface area (Å²) in [6.07, 6.45) is -7.45. The average molecular weight is 843 g/mol. The quantitative estimate of drug-likeness (QED) is 0.0797. The third kappa shape index (κ3) is 12.6. The molecule has 0 radical (unpaired) electrons. The fraction of sp³-hybridized carbons (Fsp3) is 0.238. The van der Waals surface area contributed by atoms with Gasteiger partial charge in [0.2, 0.25) is 0 Å². The van der Waals surface area contributed by atoms with Gasteiger partial charge in [-0.1, -0.05) is 71.8 Å². The summed E-state index contributed by atoms with van der Waals surface area (Å²) in [5, 5.41) is 20.8. The number of benzene rings is 4. The van der Waals surface area contributed by atoms with Crippen LogP contribution in [0.2, 0.25) is 0 Å². The largest absolute Gasteiger partial charge is 0.506 e. The minimum atomic E-state index is -4.73. The summed E-state index contributed by atoms with van der Waals surface area (Å²) in [6, 6.07) is 24.6. The lowest BCUT2D eigenvalue weighted by Gasteiger charge is -2.14. The minimum Gasteiger partial charge on any atom is -0.506 e. The van der Waals surface area contributed by atoms with Crippen LogP contribution in [0.1, 0.15) is 65.5 Å². The number of aryl methyl sites for hydroxylation is 6. The van der Waals surface area contributed by atoms with Crippen LogP contribution in [-0.2, 0) is 38.9 Å². The van der Waals surface area contributed by atoms with Gasteiger partial charge in [0, 0.05) is 32.4 Å². The number of nitrogens with zero attached hydrogens (tertiary/aromatic N) is 4. The summed E-state index contributed by atoms with van der Waals surface area (Å²) in [5.41, 5.74) is 3.63. The van der Waals surface area contributed by atoms with E-state index < -0.39 is 46.7 Å². The standard InChI is InChI=1S/C21H20F3N3O2.C12H10F3N3O2.C9H11Cl/c1-13-8-9-15(14(2)10-13)12-29-18-7-5-4-6-17(18)25-20(28)16-11-27(3)26-19(16)21(22,23)24;1-18-6-7(10(17-18)12(13,14)15)11(20)16-8-4-2-3-5-9(8)19;1-7-3-4-9(6-10)8(2)5-7/h4-11H,12H2,1-3H3,(H,25,28);2-6,19H,1H3,(H,16,20);3-5H,6H2,1-2H3. The van der Waals surface area contributed by atoms with Crippen LogP contribution >= 0.6 is 11.6 Å². The third-order valence-corrected chi connectivity index (χ3v) is 8.78. The van der Waals surface area contributed by atoms with Crippen LogP contribution < -0.4 is 15.4 Å². The fourth-order valence-electron chi connectivity index (χ4n) is 5.54. The molecular weight excluding hydrogens is 802 g/mol. The molecule has 6 aromatic rings. The predicted molar refractivity (Wildman–Crippen MR) is 213 cm³/mol. The normalized spacial score (nSPS) is 11.1. The SMILES string of the molecule is Cc1ccc(CCl)c(C)c1.Cc1ccc(COc2ccccc2NC(=O)c2cn(C)nc2C(F)(F)F)c(C)c1.Cn1cc(C(=O)Nc2ccccc2O)c(C(F)(F)F)n1. The van der Waals surface area contributed by atoms with Crippen molar-refractivity contribution >= 4 is 34.8 Å². The first-order valence-electron chi connectivity index (χ1n) is 17.7. The lowest BCUT2D eigenvalue weighted by atomic mass is 10.1. The van der Waals surface area contributed by atoms with E-state index >= 15 is 0 Å². The molecule has 17 heteroatoms. The van der Waals surface area contributed by atoms with Crippen LogP contribution in [-0.4, -0.2) is 36.5 Å². The topological polar surface area (TPSA) is 123 Å². The van der Waals surface area contributed by atoms with Crippen molar-refractivity contribution in [2.45, 2.75) is 52.5 Å². The number of amides is 2. The molecule has 4 aromatic carbocycles. The second-order valence-electron chi connectivity index (χ2n) is 13.3. The molecule has 0 saturated carbocycles. The highest BCUT2D eigenvalue weighted by Crippen LogP contribution is 2.33. The molecular formula is C42H41ClF6N6O4. The van der Waals surface area contributed by atoms with Crippen molar-refractivity contribution in [2.75, 3.05) is 10.6 Å². The van der Waals surface area contributed by atoms with Gasteiger partial charge in [0.1, 0.15) is 18.1 Å². The molecule has 2 amide bonds. The molecule has 2 aromatic heterocycles. The van der Waals surface area contributed by atoms with Crippen molar-refractivity contribution in [2.24, 2.45) is 14.1 Å². The Bertz CT molecular complexity index is 2410. The highest BCUT2D eigenvalue weighted by molar-refractivity contribution is 6.17. The molecule has 6 rings (SSSR count). The number of carbonyl (C=O) groups is 2. The second-order valence-corrected chi connectivity index (χ2v) is 13.6. The summed E-state index contributed by atoms with van der Waals surface area (Å²) in [6.45, 7) is 8.41. The van der Waals surface area contributed by atoms with Gasteiger partial charge in [-0.3, -0.25) is 19.0 Å². The number of aromatic nitrogens is 4. The van der Waals surface area contributed by atoms with E-state index in [2.05, 4.69) is 52.9 Å². The van der Waals surface area contributed by atoms with Gasteiger partial charge in [0.05, 0.1) is 22.5 Å². The van der Waals surface area contributed by atoms with E-state index in [1.807, 2.05) is 32.0 Å². The molecule has 2 heterocycles. The van der Waals surface area contributed by atoms with E-state index in [1.165, 1.54) is 55.1 Å². The van der Waals surface area contributed by atoms with Gasteiger partial charge >= 0.3 is 12.4 Å². The number of halogens is 7. The monoisotopic (exact) mass is 842 g/mol. The van der Waals surface area contributed by atoms with Crippen molar-refractivity contribution in [3.8, 4) is 11.5 Å². The van der Waals surface area contributed by atoms with Crippen molar-refractivity contribution in [1.29, 1.82) is 0 Å². The number of alkyl halides is 7. The lowest BCUT2D eigenvalue weighted by molar-refractivity contribution is -0.142. The van der Waals surface area contributed by atoms with Gasteiger partial charge in [-0.2, -0.15) is 36.5 Å². The number of aromatic hydroxyl groups is 1. The lowest BCUT2D eigenvalue weighted by Crippen LogP contribution is -2.18. The fourth-order valence-corrected chi connectivity index (χ4v) is 5.84. The molecule has 0 aliphatic heterocycles. The first-order chi connectivity index (χ1) is 27.7. The zero-order chi connectivity index (χ0) is 43.7. The third-order valence-electron chi connectivity index (χ3n) is 8.49. The number of phenolic OH excluding ortho intramolecular Hbond substituents is 1. The number of hydrogen-bond donors (Lipinski definition) is 3. The van der Waals surface area contributed by atoms with Crippen LogP contribution in [0.4, 0.5) is 37.7 Å². The average Bonchev–Trinajstić information content (AvgIpc) is 3.77. The number of hydrogen-bond acceptors (Lipinski definition) is 6. The van der Waals surface area contributed by atoms with Gasteiger partial charge in [-0.05, 0) is 74.2 Å². The summed E-state index contributed by atoms with van der Waals surface area (Å²) < 4.78 is 85.3. The Labute approximate surface area is 341 Å². The maximum absolute atomic E-state index is 13.1. The first-order valence-corrected chi connectivity index (χ1v) is 18.2. The summed E-state index contributed by atoms with van der Waals surface area (Å²) in [5.74, 6) is -1.16. The molecule has 0 unspecified atom stereocenters. The van der Waals surface area contributed by atoms with Crippen molar-refractivity contribution in [3.05, 3.63) is 153 Å². The minimum absolute atomic E-state index is 0.0227. The number of phenols is 1. The van der Waals surface area contributed by atoms with Crippen LogP contribution in [0.3, 0.4) is 0 Å². The van der Waals surface area contributed by atoms with Gasteiger partial charge in [-0.25, -0.2) is 0 Å². The Hall–Kier alpha value is -6.29. The molecule has 312 valence electrons. The molecule has 0 bridgehead atoms. The van der Waals surface area contributed by atoms with Crippen LogP contribution in [0.15, 0.2) is 97.3 Å². The molecule has 10 nitrogen and oxygen atoms in total. The van der Waals surface area contributed by atoms with E-state index in [1.54, 1.807) is 24.3 Å². The number of carbonyl (C=O) groups excluding carboxylic acids is 2. The Morgan fingerprint density at radius 3 is 1.58 bits per heavy atom. The van der Waals surface area contributed by atoms with Crippen molar-refractivity contribution < 1.29 is 45.8 Å². The Kier molecular flexibility index (Phi) is 15.0. The number of ether oxygens (including phenoxy) is 1.